The highest BCUT2D eigenvalue weighted by Crippen LogP contribution is 2.26. The quantitative estimate of drug-likeness (QED) is 0.798. The molecular weight excluding hydrogens is 279 g/mol. The van der Waals surface area contributed by atoms with E-state index in [2.05, 4.69) is 5.32 Å². The Morgan fingerprint density at radius 2 is 1.76 bits per heavy atom. The lowest BCUT2D eigenvalue weighted by molar-refractivity contribution is 0.431. The molecule has 0 aliphatic rings. The molecule has 21 heavy (non-hydrogen) atoms. The van der Waals surface area contributed by atoms with Gasteiger partial charge < -0.3 is 10.1 Å². The molecule has 1 N–H and O–H groups in total. The van der Waals surface area contributed by atoms with Crippen LogP contribution in [0.25, 0.3) is 0 Å². The minimum Gasteiger partial charge on any atom is -0.454 e. The first-order valence-corrected chi connectivity index (χ1v) is 6.72. The Labute approximate surface area is 121 Å². The van der Waals surface area contributed by atoms with Gasteiger partial charge in [-0.15, -0.1) is 0 Å². The highest BCUT2D eigenvalue weighted by molar-refractivity contribution is 5.34. The van der Waals surface area contributed by atoms with Crippen molar-refractivity contribution in [2.45, 2.75) is 19.9 Å². The third kappa shape index (κ3) is 4.23. The molecule has 0 unspecified atom stereocenters. The molecule has 0 radical (unpaired) electrons. The van der Waals surface area contributed by atoms with Crippen LogP contribution in [0.2, 0.25) is 0 Å². The molecule has 0 spiro atoms. The van der Waals surface area contributed by atoms with Gasteiger partial charge in [0, 0.05) is 12.6 Å². The van der Waals surface area contributed by atoms with E-state index in [0.717, 1.165) is 30.7 Å². The Kier molecular flexibility index (Phi) is 5.22. The third-order valence-corrected chi connectivity index (χ3v) is 2.87. The lowest BCUT2D eigenvalue weighted by atomic mass is 10.2. The predicted octanol–water partition coefficient (Wildman–Crippen LogP) is 4.40. The van der Waals surface area contributed by atoms with E-state index in [1.165, 1.54) is 18.2 Å². The maximum atomic E-state index is 13.9. The fourth-order valence-electron chi connectivity index (χ4n) is 1.81. The SMILES string of the molecule is CCCNCc1ccc(Oc2ccc(F)c(F)c2)c(F)c1. The highest BCUT2D eigenvalue weighted by Gasteiger charge is 2.08. The molecule has 0 fully saturated rings. The first-order chi connectivity index (χ1) is 10.1. The van der Waals surface area contributed by atoms with Gasteiger partial charge in [-0.1, -0.05) is 13.0 Å². The van der Waals surface area contributed by atoms with Crippen LogP contribution in [0.5, 0.6) is 11.5 Å². The Hall–Kier alpha value is -2.01. The van der Waals surface area contributed by atoms with Crippen molar-refractivity contribution < 1.29 is 17.9 Å². The van der Waals surface area contributed by atoms with E-state index in [4.69, 9.17) is 4.74 Å². The van der Waals surface area contributed by atoms with Gasteiger partial charge in [0.05, 0.1) is 0 Å². The summed E-state index contributed by atoms with van der Waals surface area (Å²) in [5.41, 5.74) is 0.790. The fraction of sp³-hybridized carbons (Fsp3) is 0.250. The number of nitrogens with one attached hydrogen (secondary N) is 1. The first-order valence-electron chi connectivity index (χ1n) is 6.72. The fourth-order valence-corrected chi connectivity index (χ4v) is 1.81. The lowest BCUT2D eigenvalue weighted by Gasteiger charge is -2.09. The molecule has 0 amide bonds. The number of benzene rings is 2. The molecule has 0 bridgehead atoms. The van der Waals surface area contributed by atoms with Crippen molar-refractivity contribution in [2.75, 3.05) is 6.54 Å². The number of halogens is 3. The smallest absolute Gasteiger partial charge is 0.166 e. The zero-order chi connectivity index (χ0) is 15.2. The summed E-state index contributed by atoms with van der Waals surface area (Å²) in [7, 11) is 0. The van der Waals surface area contributed by atoms with Crippen LogP contribution in [-0.4, -0.2) is 6.54 Å². The third-order valence-electron chi connectivity index (χ3n) is 2.87. The van der Waals surface area contributed by atoms with Gasteiger partial charge in [0.1, 0.15) is 5.75 Å². The maximum absolute atomic E-state index is 13.9. The van der Waals surface area contributed by atoms with Crippen LogP contribution in [0.3, 0.4) is 0 Å². The van der Waals surface area contributed by atoms with Gasteiger partial charge in [-0.3, -0.25) is 0 Å². The average Bonchev–Trinajstić information content (AvgIpc) is 2.46. The van der Waals surface area contributed by atoms with E-state index in [1.807, 2.05) is 6.92 Å². The zero-order valence-corrected chi connectivity index (χ0v) is 11.6. The van der Waals surface area contributed by atoms with Crippen LogP contribution >= 0.6 is 0 Å². The Morgan fingerprint density at radius 1 is 0.952 bits per heavy atom. The zero-order valence-electron chi connectivity index (χ0n) is 11.6. The molecule has 0 aliphatic carbocycles. The van der Waals surface area contributed by atoms with Crippen LogP contribution in [0.1, 0.15) is 18.9 Å². The van der Waals surface area contributed by atoms with Crippen molar-refractivity contribution in [3.8, 4) is 11.5 Å². The van der Waals surface area contributed by atoms with Crippen molar-refractivity contribution in [3.63, 3.8) is 0 Å². The second-order valence-corrected chi connectivity index (χ2v) is 4.62. The molecule has 2 rings (SSSR count). The van der Waals surface area contributed by atoms with E-state index in [1.54, 1.807) is 6.07 Å². The molecular formula is C16H16F3NO. The summed E-state index contributed by atoms with van der Waals surface area (Å²) in [6, 6.07) is 7.62. The van der Waals surface area contributed by atoms with Gasteiger partial charge in [0.15, 0.2) is 23.2 Å². The second-order valence-electron chi connectivity index (χ2n) is 4.62. The van der Waals surface area contributed by atoms with Gasteiger partial charge in [-0.05, 0) is 42.8 Å². The molecule has 112 valence electrons. The largest absolute Gasteiger partial charge is 0.454 e. The minimum atomic E-state index is -1.03. The molecule has 2 aromatic rings. The van der Waals surface area contributed by atoms with Crippen molar-refractivity contribution in [1.82, 2.24) is 5.32 Å². The molecule has 2 nitrogen and oxygen atoms in total. The first kappa shape index (κ1) is 15.4. The molecule has 0 aromatic heterocycles. The van der Waals surface area contributed by atoms with Crippen LogP contribution in [0.4, 0.5) is 13.2 Å². The van der Waals surface area contributed by atoms with Crippen LogP contribution in [-0.2, 0) is 6.54 Å². The van der Waals surface area contributed by atoms with Crippen molar-refractivity contribution in [2.24, 2.45) is 0 Å². The summed E-state index contributed by atoms with van der Waals surface area (Å²) in [5, 5.41) is 3.16. The summed E-state index contributed by atoms with van der Waals surface area (Å²) in [6.07, 6.45) is 1.000. The van der Waals surface area contributed by atoms with Gasteiger partial charge >= 0.3 is 0 Å². The number of rotatable bonds is 6. The lowest BCUT2D eigenvalue weighted by Crippen LogP contribution is -2.13. The number of hydrogen-bond donors (Lipinski definition) is 1. The summed E-state index contributed by atoms with van der Waals surface area (Å²) >= 11 is 0. The standard InChI is InChI=1S/C16H16F3NO/c1-2-7-20-10-11-3-6-16(15(19)8-11)21-12-4-5-13(17)14(18)9-12/h3-6,8-9,20H,2,7,10H2,1H3. The normalized spacial score (nSPS) is 10.7. The average molecular weight is 295 g/mol. The van der Waals surface area contributed by atoms with E-state index >= 15 is 0 Å². The summed E-state index contributed by atoms with van der Waals surface area (Å²) in [6.45, 7) is 3.47. The second kappa shape index (κ2) is 7.13. The molecule has 0 atom stereocenters. The summed E-state index contributed by atoms with van der Waals surface area (Å²) in [5.74, 6) is -2.53. The molecule has 2 aromatic carbocycles. The monoisotopic (exact) mass is 295 g/mol. The molecule has 0 saturated heterocycles. The number of hydrogen-bond acceptors (Lipinski definition) is 2. The van der Waals surface area contributed by atoms with E-state index in [9.17, 15) is 13.2 Å². The van der Waals surface area contributed by atoms with Crippen molar-refractivity contribution in [3.05, 3.63) is 59.4 Å². The van der Waals surface area contributed by atoms with E-state index in [-0.39, 0.29) is 11.5 Å². The van der Waals surface area contributed by atoms with E-state index < -0.39 is 17.5 Å². The van der Waals surface area contributed by atoms with E-state index in [0.29, 0.717) is 6.54 Å². The molecule has 5 heteroatoms. The molecule has 0 heterocycles. The Balaban J connectivity index is 2.08. The number of ether oxygens (including phenoxy) is 1. The summed E-state index contributed by atoms with van der Waals surface area (Å²) < 4.78 is 45.0. The van der Waals surface area contributed by atoms with Crippen LogP contribution < -0.4 is 10.1 Å². The van der Waals surface area contributed by atoms with Gasteiger partial charge in [0.2, 0.25) is 0 Å². The van der Waals surface area contributed by atoms with Gasteiger partial charge in [-0.25, -0.2) is 13.2 Å². The maximum Gasteiger partial charge on any atom is 0.166 e. The Bertz CT molecular complexity index is 616. The topological polar surface area (TPSA) is 21.3 Å². The Morgan fingerprint density at radius 3 is 2.43 bits per heavy atom. The van der Waals surface area contributed by atoms with Crippen LogP contribution in [0.15, 0.2) is 36.4 Å². The van der Waals surface area contributed by atoms with Crippen LogP contribution in [0, 0.1) is 17.5 Å². The summed E-state index contributed by atoms with van der Waals surface area (Å²) in [4.78, 5) is 0. The molecule has 0 aliphatic heterocycles. The van der Waals surface area contributed by atoms with Gasteiger partial charge in [0.25, 0.3) is 0 Å². The minimum absolute atomic E-state index is 0.0275. The van der Waals surface area contributed by atoms with Crippen molar-refractivity contribution >= 4 is 0 Å². The van der Waals surface area contributed by atoms with Gasteiger partial charge in [-0.2, -0.15) is 0 Å². The predicted molar refractivity (Wildman–Crippen MR) is 74.8 cm³/mol. The van der Waals surface area contributed by atoms with Crippen molar-refractivity contribution in [1.29, 1.82) is 0 Å². The molecule has 0 saturated carbocycles. The highest BCUT2D eigenvalue weighted by atomic mass is 19.2.